The van der Waals surface area contributed by atoms with Crippen LogP contribution in [-0.2, 0) is 4.79 Å². The minimum Gasteiger partial charge on any atom is -0.311 e. The van der Waals surface area contributed by atoms with Crippen molar-refractivity contribution in [2.45, 2.75) is 112 Å². The van der Waals surface area contributed by atoms with E-state index in [1.807, 2.05) is 6.92 Å². The summed E-state index contributed by atoms with van der Waals surface area (Å²) in [6.07, 6.45) is 12.7. The third-order valence-corrected chi connectivity index (χ3v) is 11.4. The Morgan fingerprint density at radius 2 is 1.70 bits per heavy atom. The van der Waals surface area contributed by atoms with Crippen molar-refractivity contribution in [3.05, 3.63) is 12.7 Å². The zero-order valence-electron chi connectivity index (χ0n) is 20.8. The molecular weight excluding hydrogens is 366 g/mol. The number of carbonyl (C=O) groups is 1. The quantitative estimate of drug-likeness (QED) is 0.514. The second kappa shape index (κ2) is 7.19. The first-order valence-electron chi connectivity index (χ1n) is 12.9. The van der Waals surface area contributed by atoms with Crippen molar-refractivity contribution in [1.29, 1.82) is 0 Å². The molecule has 3 unspecified atom stereocenters. The van der Waals surface area contributed by atoms with Crippen LogP contribution in [0.4, 0.5) is 0 Å². The average Bonchev–Trinajstić information content (AvgIpc) is 2.91. The Hall–Kier alpha value is -0.630. The van der Waals surface area contributed by atoms with Crippen LogP contribution < -0.4 is 5.32 Å². The largest absolute Gasteiger partial charge is 0.311 e. The highest BCUT2D eigenvalue weighted by Gasteiger charge is 2.74. The summed E-state index contributed by atoms with van der Waals surface area (Å²) in [5.41, 5.74) is 0.669. The number of fused-ring (bicyclic) bond motifs is 5. The zero-order chi connectivity index (χ0) is 22.1. The number of Topliss-reactive ketones (excluding diaryl/α,β-unsaturated/α-hetero) is 1. The van der Waals surface area contributed by atoms with Gasteiger partial charge in [-0.1, -0.05) is 54.0 Å². The number of rotatable bonds is 4. The molecule has 0 aromatic carbocycles. The molecule has 0 aliphatic heterocycles. The maximum atomic E-state index is 12.9. The monoisotopic (exact) mass is 413 g/mol. The molecule has 30 heavy (non-hydrogen) atoms. The van der Waals surface area contributed by atoms with Crippen molar-refractivity contribution >= 4 is 5.78 Å². The van der Waals surface area contributed by atoms with E-state index >= 15 is 0 Å². The van der Waals surface area contributed by atoms with Gasteiger partial charge < -0.3 is 5.32 Å². The van der Waals surface area contributed by atoms with Gasteiger partial charge in [0.15, 0.2) is 0 Å². The van der Waals surface area contributed by atoms with Crippen LogP contribution in [0.1, 0.15) is 99.8 Å². The zero-order valence-corrected chi connectivity index (χ0v) is 20.8. The third kappa shape index (κ3) is 2.67. The number of nitrogens with one attached hydrogen (secondary N) is 1. The van der Waals surface area contributed by atoms with E-state index in [4.69, 9.17) is 0 Å². The van der Waals surface area contributed by atoms with Crippen LogP contribution in [0.2, 0.25) is 0 Å². The van der Waals surface area contributed by atoms with Gasteiger partial charge in [-0.05, 0) is 85.9 Å². The van der Waals surface area contributed by atoms with Crippen molar-refractivity contribution in [2.24, 2.45) is 45.3 Å². The van der Waals surface area contributed by atoms with E-state index < -0.39 is 0 Å². The molecule has 4 fully saturated rings. The predicted molar refractivity (Wildman–Crippen MR) is 126 cm³/mol. The molecule has 0 heterocycles. The van der Waals surface area contributed by atoms with Gasteiger partial charge in [-0.15, -0.1) is 6.58 Å². The van der Waals surface area contributed by atoms with Gasteiger partial charge in [0, 0.05) is 23.4 Å². The van der Waals surface area contributed by atoms with Crippen LogP contribution >= 0.6 is 0 Å². The van der Waals surface area contributed by atoms with E-state index in [1.54, 1.807) is 0 Å². The van der Waals surface area contributed by atoms with Crippen molar-refractivity contribution in [2.75, 3.05) is 0 Å². The molecule has 0 saturated heterocycles. The molecule has 4 aliphatic carbocycles. The lowest BCUT2D eigenvalue weighted by Gasteiger charge is -2.71. The molecule has 0 radical (unpaired) electrons. The van der Waals surface area contributed by atoms with Gasteiger partial charge in [-0.3, -0.25) is 4.79 Å². The molecule has 0 spiro atoms. The Labute approximate surface area is 186 Å². The SMILES string of the molecule is C=CC12C(NC(C)C)C[C@H](C(C)=O)[C@@]1(C)CCC1[C@@]3(C)CC[C@H](C)C[C@H]3CC[C@]12C. The molecule has 4 rings (SSSR count). The summed E-state index contributed by atoms with van der Waals surface area (Å²) in [7, 11) is 0. The summed E-state index contributed by atoms with van der Waals surface area (Å²) in [5, 5.41) is 3.97. The molecule has 0 aromatic heterocycles. The summed E-state index contributed by atoms with van der Waals surface area (Å²) in [6, 6.07) is 0.776. The van der Waals surface area contributed by atoms with E-state index in [1.165, 1.54) is 44.9 Å². The highest BCUT2D eigenvalue weighted by molar-refractivity contribution is 5.80. The Morgan fingerprint density at radius 3 is 2.30 bits per heavy atom. The van der Waals surface area contributed by atoms with Gasteiger partial charge in [-0.2, -0.15) is 0 Å². The first-order chi connectivity index (χ1) is 14.0. The van der Waals surface area contributed by atoms with E-state index in [-0.39, 0.29) is 22.2 Å². The van der Waals surface area contributed by atoms with Crippen LogP contribution in [0.5, 0.6) is 0 Å². The highest BCUT2D eigenvalue weighted by atomic mass is 16.1. The van der Waals surface area contributed by atoms with Crippen LogP contribution in [0.15, 0.2) is 12.7 Å². The molecule has 170 valence electrons. The summed E-state index contributed by atoms with van der Waals surface area (Å²) >= 11 is 0. The fraction of sp³-hybridized carbons (Fsp3) is 0.893. The van der Waals surface area contributed by atoms with Crippen molar-refractivity contribution in [3.63, 3.8) is 0 Å². The molecule has 1 N–H and O–H groups in total. The van der Waals surface area contributed by atoms with Crippen LogP contribution in [0, 0.1) is 45.3 Å². The summed E-state index contributed by atoms with van der Waals surface area (Å²) in [5.74, 6) is 3.06. The van der Waals surface area contributed by atoms with E-state index in [2.05, 4.69) is 59.5 Å². The molecule has 0 amide bonds. The van der Waals surface area contributed by atoms with E-state index in [0.29, 0.717) is 23.3 Å². The first kappa shape index (κ1) is 22.6. The van der Waals surface area contributed by atoms with Gasteiger partial charge in [0.2, 0.25) is 0 Å². The minimum absolute atomic E-state index is 0.0133. The second-order valence-electron chi connectivity index (χ2n) is 12.9. The topological polar surface area (TPSA) is 29.1 Å². The Balaban J connectivity index is 1.85. The molecule has 9 atom stereocenters. The summed E-state index contributed by atoms with van der Waals surface area (Å²) < 4.78 is 0. The normalized spacial score (nSPS) is 53.0. The van der Waals surface area contributed by atoms with Gasteiger partial charge in [0.05, 0.1) is 0 Å². The van der Waals surface area contributed by atoms with Crippen LogP contribution in [-0.4, -0.2) is 17.9 Å². The summed E-state index contributed by atoms with van der Waals surface area (Å²) in [6.45, 7) is 21.1. The molecule has 2 heteroatoms. The minimum atomic E-state index is -0.0133. The molecular formula is C28H47NO. The summed E-state index contributed by atoms with van der Waals surface area (Å²) in [4.78, 5) is 12.9. The predicted octanol–water partition coefficient (Wildman–Crippen LogP) is 6.79. The third-order valence-electron chi connectivity index (χ3n) is 11.4. The Kier molecular flexibility index (Phi) is 5.41. The standard InChI is InChI=1S/C28H47NO/c1-9-28-24(29-18(2)3)17-22(20(5)30)26(28,7)15-12-23-25(6)13-10-19(4)16-21(25)11-14-27(23,28)8/h9,18-19,21-24,29H,1,10-17H2,2-8H3/t19-,21+,22+,23?,24?,25-,26+,27+,28?/m0/s1. The number of ketones is 1. The smallest absolute Gasteiger partial charge is 0.133 e. The first-order valence-corrected chi connectivity index (χ1v) is 12.9. The van der Waals surface area contributed by atoms with Gasteiger partial charge in [0.25, 0.3) is 0 Å². The second-order valence-corrected chi connectivity index (χ2v) is 12.9. The van der Waals surface area contributed by atoms with Gasteiger partial charge in [0.1, 0.15) is 5.78 Å². The lowest BCUT2D eigenvalue weighted by atomic mass is 9.34. The Bertz CT molecular complexity index is 713. The van der Waals surface area contributed by atoms with Crippen molar-refractivity contribution in [3.8, 4) is 0 Å². The number of hydrogen-bond donors (Lipinski definition) is 1. The van der Waals surface area contributed by atoms with E-state index in [9.17, 15) is 4.79 Å². The molecule has 2 nitrogen and oxygen atoms in total. The molecule has 4 saturated carbocycles. The average molecular weight is 414 g/mol. The molecule has 4 aliphatic rings. The number of carbonyl (C=O) groups excluding carboxylic acids is 1. The van der Waals surface area contributed by atoms with Crippen molar-refractivity contribution in [1.82, 2.24) is 5.32 Å². The maximum Gasteiger partial charge on any atom is 0.133 e. The molecule has 0 aromatic rings. The number of hydrogen-bond acceptors (Lipinski definition) is 2. The lowest BCUT2D eigenvalue weighted by molar-refractivity contribution is -0.205. The lowest BCUT2D eigenvalue weighted by Crippen LogP contribution is -2.67. The van der Waals surface area contributed by atoms with Crippen LogP contribution in [0.3, 0.4) is 0 Å². The maximum absolute atomic E-state index is 12.9. The fourth-order valence-corrected chi connectivity index (χ4v) is 10.1. The van der Waals surface area contributed by atoms with Crippen molar-refractivity contribution < 1.29 is 4.79 Å². The highest BCUT2D eigenvalue weighted by Crippen LogP contribution is 2.78. The molecule has 0 bridgehead atoms. The van der Waals surface area contributed by atoms with Gasteiger partial charge >= 0.3 is 0 Å². The van der Waals surface area contributed by atoms with E-state index in [0.717, 1.165) is 24.2 Å². The van der Waals surface area contributed by atoms with Crippen LogP contribution in [0.25, 0.3) is 0 Å². The Morgan fingerprint density at radius 1 is 1.03 bits per heavy atom. The van der Waals surface area contributed by atoms with Gasteiger partial charge in [-0.25, -0.2) is 0 Å². The fourth-order valence-electron chi connectivity index (χ4n) is 10.1.